The molecule has 0 radical (unpaired) electrons. The van der Waals surface area contributed by atoms with E-state index in [1.807, 2.05) is 6.07 Å². The van der Waals surface area contributed by atoms with Crippen molar-refractivity contribution in [3.63, 3.8) is 0 Å². The van der Waals surface area contributed by atoms with Crippen LogP contribution in [0.15, 0.2) is 30.3 Å². The lowest BCUT2D eigenvalue weighted by atomic mass is 10.2. The van der Waals surface area contributed by atoms with E-state index in [1.165, 1.54) is 5.56 Å². The first-order chi connectivity index (χ1) is 13.8. The monoisotopic (exact) mass is 425 g/mol. The van der Waals surface area contributed by atoms with Gasteiger partial charge in [-0.25, -0.2) is 8.98 Å². The Morgan fingerprint density at radius 2 is 1.66 bits per heavy atom. The highest BCUT2D eigenvalue weighted by atomic mass is 32.2. The Kier molecular flexibility index (Phi) is 7.50. The molecule has 0 saturated carbocycles. The number of amides is 1. The number of piperazine rings is 1. The summed E-state index contributed by atoms with van der Waals surface area (Å²) in [5.74, 6) is 0. The van der Waals surface area contributed by atoms with Gasteiger partial charge in [0, 0.05) is 39.3 Å². The van der Waals surface area contributed by atoms with Crippen LogP contribution in [-0.4, -0.2) is 87.1 Å². The summed E-state index contributed by atoms with van der Waals surface area (Å²) in [6, 6.07) is 10.1. The number of ether oxygens (including phenoxy) is 1. The summed E-state index contributed by atoms with van der Waals surface area (Å²) < 4.78 is 32.4. The normalized spacial score (nSPS) is 24.1. The number of rotatable bonds is 9. The van der Waals surface area contributed by atoms with Crippen LogP contribution >= 0.6 is 0 Å². The van der Waals surface area contributed by atoms with Crippen molar-refractivity contribution in [2.45, 2.75) is 38.6 Å². The van der Waals surface area contributed by atoms with Gasteiger partial charge in [0.25, 0.3) is 10.1 Å². The first-order valence-electron chi connectivity index (χ1n) is 10.2. The molecule has 2 fully saturated rings. The zero-order chi connectivity index (χ0) is 20.9. The maximum atomic E-state index is 12.0. The number of hydrogen-bond acceptors (Lipinski definition) is 7. The second kappa shape index (κ2) is 9.88. The fourth-order valence-corrected chi connectivity index (χ4v) is 4.32. The van der Waals surface area contributed by atoms with Crippen molar-refractivity contribution in [3.05, 3.63) is 35.9 Å². The molecule has 2 unspecified atom stereocenters. The van der Waals surface area contributed by atoms with E-state index in [-0.39, 0.29) is 0 Å². The predicted octanol–water partition coefficient (Wildman–Crippen LogP) is 1.73. The SMILES string of the molecule is CC1C(OS(C)(=O)=O)OC(=O)N1CCCCN1CCN(Cc2ccccc2)CC1. The van der Waals surface area contributed by atoms with Crippen molar-refractivity contribution >= 4 is 16.2 Å². The number of hydrogen-bond donors (Lipinski definition) is 0. The third-order valence-corrected chi connectivity index (χ3v) is 5.98. The van der Waals surface area contributed by atoms with Gasteiger partial charge in [0.15, 0.2) is 0 Å². The summed E-state index contributed by atoms with van der Waals surface area (Å²) in [5.41, 5.74) is 1.35. The number of nitrogens with zero attached hydrogens (tertiary/aromatic N) is 3. The van der Waals surface area contributed by atoms with Crippen LogP contribution in [-0.2, 0) is 25.6 Å². The Labute approximate surface area is 173 Å². The van der Waals surface area contributed by atoms with Gasteiger partial charge in [-0.1, -0.05) is 30.3 Å². The molecule has 8 nitrogen and oxygen atoms in total. The van der Waals surface area contributed by atoms with Gasteiger partial charge in [-0.15, -0.1) is 0 Å². The topological polar surface area (TPSA) is 79.4 Å². The first-order valence-corrected chi connectivity index (χ1v) is 12.0. The number of carbonyl (C=O) groups is 1. The van der Waals surface area contributed by atoms with E-state index in [0.29, 0.717) is 6.54 Å². The Balaban J connectivity index is 1.32. The van der Waals surface area contributed by atoms with Gasteiger partial charge >= 0.3 is 6.09 Å². The van der Waals surface area contributed by atoms with Crippen molar-refractivity contribution in [1.29, 1.82) is 0 Å². The third-order valence-electron chi connectivity index (χ3n) is 5.44. The Hall–Kier alpha value is -1.68. The number of unbranched alkanes of at least 4 members (excludes halogenated alkanes) is 1. The lowest BCUT2D eigenvalue weighted by Gasteiger charge is -2.34. The number of cyclic esters (lactones) is 1. The molecule has 2 heterocycles. The molecule has 0 spiro atoms. The van der Waals surface area contributed by atoms with Crippen LogP contribution in [0, 0.1) is 0 Å². The highest BCUT2D eigenvalue weighted by Gasteiger charge is 2.41. The highest BCUT2D eigenvalue weighted by molar-refractivity contribution is 7.86. The first kappa shape index (κ1) is 22.0. The molecule has 2 atom stereocenters. The van der Waals surface area contributed by atoms with E-state index >= 15 is 0 Å². The van der Waals surface area contributed by atoms with Gasteiger partial charge in [0.2, 0.25) is 6.29 Å². The molecule has 2 saturated heterocycles. The minimum Gasteiger partial charge on any atom is -0.416 e. The zero-order valence-corrected chi connectivity index (χ0v) is 18.0. The summed E-state index contributed by atoms with van der Waals surface area (Å²) in [6.45, 7) is 8.52. The fourth-order valence-electron chi connectivity index (χ4n) is 3.78. The molecular weight excluding hydrogens is 394 g/mol. The quantitative estimate of drug-likeness (QED) is 0.440. The number of carbonyl (C=O) groups excluding carboxylic acids is 1. The molecule has 0 aliphatic carbocycles. The van der Waals surface area contributed by atoms with Crippen LogP contribution in [0.2, 0.25) is 0 Å². The van der Waals surface area contributed by atoms with Crippen LogP contribution < -0.4 is 0 Å². The Morgan fingerprint density at radius 1 is 1.03 bits per heavy atom. The maximum Gasteiger partial charge on any atom is 0.412 e. The molecular formula is C20H31N3O5S. The Morgan fingerprint density at radius 3 is 2.31 bits per heavy atom. The van der Waals surface area contributed by atoms with E-state index in [9.17, 15) is 13.2 Å². The summed E-state index contributed by atoms with van der Waals surface area (Å²) in [4.78, 5) is 18.5. The van der Waals surface area contributed by atoms with E-state index in [2.05, 4.69) is 34.1 Å². The van der Waals surface area contributed by atoms with Crippen LogP contribution in [0.4, 0.5) is 4.79 Å². The number of benzene rings is 1. The molecule has 29 heavy (non-hydrogen) atoms. The van der Waals surface area contributed by atoms with Crippen LogP contribution in [0.5, 0.6) is 0 Å². The zero-order valence-electron chi connectivity index (χ0n) is 17.2. The minimum atomic E-state index is -3.67. The molecule has 3 rings (SSSR count). The molecule has 0 aromatic heterocycles. The highest BCUT2D eigenvalue weighted by Crippen LogP contribution is 2.22. The molecule has 1 amide bonds. The van der Waals surface area contributed by atoms with Gasteiger partial charge in [0.1, 0.15) is 0 Å². The van der Waals surface area contributed by atoms with Crippen LogP contribution in [0.1, 0.15) is 25.3 Å². The van der Waals surface area contributed by atoms with E-state index < -0.39 is 28.5 Å². The smallest absolute Gasteiger partial charge is 0.412 e. The maximum absolute atomic E-state index is 12.0. The summed E-state index contributed by atoms with van der Waals surface area (Å²) in [7, 11) is -3.67. The van der Waals surface area contributed by atoms with E-state index in [1.54, 1.807) is 11.8 Å². The van der Waals surface area contributed by atoms with Gasteiger partial charge < -0.3 is 9.64 Å². The molecule has 162 valence electrons. The van der Waals surface area contributed by atoms with E-state index in [4.69, 9.17) is 8.92 Å². The molecule has 2 aliphatic heterocycles. The Bertz CT molecular complexity index is 766. The molecule has 1 aromatic carbocycles. The standard InChI is InChI=1S/C20H31N3O5S/c1-17-19(28-29(2,25)26)27-20(24)23(17)11-7-6-10-21-12-14-22(15-13-21)16-18-8-4-3-5-9-18/h3-5,8-9,17,19H,6-7,10-16H2,1-2H3. The van der Waals surface area contributed by atoms with Gasteiger partial charge in [-0.3, -0.25) is 9.80 Å². The predicted molar refractivity (Wildman–Crippen MR) is 110 cm³/mol. The van der Waals surface area contributed by atoms with Crippen molar-refractivity contribution in [3.8, 4) is 0 Å². The van der Waals surface area contributed by atoms with Crippen molar-refractivity contribution < 1.29 is 22.1 Å². The lowest BCUT2D eigenvalue weighted by Crippen LogP contribution is -2.46. The molecule has 0 N–H and O–H groups in total. The van der Waals surface area contributed by atoms with Gasteiger partial charge in [-0.2, -0.15) is 8.42 Å². The molecule has 2 aliphatic rings. The summed E-state index contributed by atoms with van der Waals surface area (Å²) in [5, 5.41) is 0. The van der Waals surface area contributed by atoms with Gasteiger partial charge in [0.05, 0.1) is 12.3 Å². The summed E-state index contributed by atoms with van der Waals surface area (Å²) in [6.07, 6.45) is 1.20. The largest absolute Gasteiger partial charge is 0.416 e. The van der Waals surface area contributed by atoms with Crippen LogP contribution in [0.3, 0.4) is 0 Å². The second-order valence-electron chi connectivity index (χ2n) is 7.80. The van der Waals surface area contributed by atoms with Gasteiger partial charge in [-0.05, 0) is 31.9 Å². The molecule has 0 bridgehead atoms. The van der Waals surface area contributed by atoms with Crippen molar-refractivity contribution in [2.75, 3.05) is 45.5 Å². The second-order valence-corrected chi connectivity index (χ2v) is 9.40. The lowest BCUT2D eigenvalue weighted by molar-refractivity contribution is -0.00743. The molecule has 9 heteroatoms. The average Bonchev–Trinajstić information content (AvgIpc) is 2.93. The fraction of sp³-hybridized carbons (Fsp3) is 0.650. The third kappa shape index (κ3) is 6.67. The molecule has 1 aromatic rings. The average molecular weight is 426 g/mol. The minimum absolute atomic E-state index is 0.418. The van der Waals surface area contributed by atoms with E-state index in [0.717, 1.165) is 58.4 Å². The van der Waals surface area contributed by atoms with Crippen LogP contribution in [0.25, 0.3) is 0 Å². The van der Waals surface area contributed by atoms with Crippen molar-refractivity contribution in [1.82, 2.24) is 14.7 Å². The summed E-state index contributed by atoms with van der Waals surface area (Å²) >= 11 is 0. The van der Waals surface area contributed by atoms with Crippen molar-refractivity contribution in [2.24, 2.45) is 0 Å².